The van der Waals surface area contributed by atoms with Crippen molar-refractivity contribution in [1.82, 2.24) is 24.1 Å². The van der Waals surface area contributed by atoms with Crippen LogP contribution >= 0.6 is 0 Å². The molecular formula is C65H55N7O. The number of aliphatic imine (C=N–C) groups is 2. The fourth-order valence-corrected chi connectivity index (χ4v) is 9.57. The molecule has 1 aliphatic carbocycles. The maximum absolute atomic E-state index is 6.16. The number of benzene rings is 3. The third-order valence-corrected chi connectivity index (χ3v) is 13.0. The molecule has 0 N–H and O–H groups in total. The van der Waals surface area contributed by atoms with Crippen LogP contribution in [-0.4, -0.2) is 42.6 Å². The summed E-state index contributed by atoms with van der Waals surface area (Å²) in [4.78, 5) is 25.0. The van der Waals surface area contributed by atoms with Crippen LogP contribution in [0.4, 0.5) is 5.69 Å². The largest absolute Gasteiger partial charge is 0.489 e. The molecule has 0 bridgehead atoms. The number of rotatable bonds is 7. The highest BCUT2D eigenvalue weighted by Gasteiger charge is 2.30. The minimum Gasteiger partial charge on any atom is -0.489 e. The molecule has 1 unspecified atom stereocenters. The maximum atomic E-state index is 6.16. The molecule has 8 heterocycles. The van der Waals surface area contributed by atoms with Gasteiger partial charge in [-0.15, -0.1) is 12.3 Å². The Morgan fingerprint density at radius 2 is 1.62 bits per heavy atom. The van der Waals surface area contributed by atoms with Gasteiger partial charge in [0.1, 0.15) is 23.6 Å². The van der Waals surface area contributed by atoms with Crippen LogP contribution < -0.4 is 4.74 Å². The number of allylic oxidation sites excluding steroid dienone is 13. The van der Waals surface area contributed by atoms with Gasteiger partial charge in [-0.3, -0.25) is 15.0 Å². The molecule has 0 radical (unpaired) electrons. The second-order valence-electron chi connectivity index (χ2n) is 17.6. The Bertz CT molecular complexity index is 3850. The first-order valence-corrected chi connectivity index (χ1v) is 24.9. The Balaban J connectivity index is 0.000000973. The summed E-state index contributed by atoms with van der Waals surface area (Å²) in [6.45, 7) is 16.8. The topological polar surface area (TPSA) is 82.5 Å². The molecule has 0 fully saturated rings. The van der Waals surface area contributed by atoms with E-state index in [0.29, 0.717) is 6.61 Å². The molecule has 0 amide bonds. The van der Waals surface area contributed by atoms with Gasteiger partial charge in [-0.2, -0.15) is 0 Å². The molecule has 3 aromatic carbocycles. The van der Waals surface area contributed by atoms with Gasteiger partial charge in [-0.25, -0.2) is 9.98 Å². The van der Waals surface area contributed by atoms with E-state index in [1.807, 2.05) is 99.5 Å². The van der Waals surface area contributed by atoms with Crippen LogP contribution in [0.5, 0.6) is 5.75 Å². The zero-order valence-corrected chi connectivity index (χ0v) is 41.6. The van der Waals surface area contributed by atoms with Crippen molar-refractivity contribution in [2.75, 3.05) is 6.61 Å². The van der Waals surface area contributed by atoms with E-state index in [1.54, 1.807) is 6.20 Å². The van der Waals surface area contributed by atoms with Crippen molar-refractivity contribution >= 4 is 67.3 Å². The minimum absolute atomic E-state index is 0.0805. The van der Waals surface area contributed by atoms with E-state index in [9.17, 15) is 0 Å². The van der Waals surface area contributed by atoms with E-state index < -0.39 is 0 Å². The molecule has 8 nitrogen and oxygen atoms in total. The number of fused-ring (bicyclic) bond motifs is 7. The Morgan fingerprint density at radius 1 is 0.808 bits per heavy atom. The molecular weight excluding hydrogens is 895 g/mol. The molecule has 5 aromatic heterocycles. The van der Waals surface area contributed by atoms with E-state index in [-0.39, 0.29) is 5.92 Å². The Kier molecular flexibility index (Phi) is 13.9. The Morgan fingerprint density at radius 3 is 2.48 bits per heavy atom. The summed E-state index contributed by atoms with van der Waals surface area (Å²) in [7, 11) is 0. The minimum atomic E-state index is 0.0805. The summed E-state index contributed by atoms with van der Waals surface area (Å²) >= 11 is 0. The lowest BCUT2D eigenvalue weighted by atomic mass is 9.92. The lowest BCUT2D eigenvalue weighted by Gasteiger charge is -2.22. The normalized spacial score (nSPS) is 16.7. The van der Waals surface area contributed by atoms with Crippen LogP contribution in [-0.2, 0) is 0 Å². The van der Waals surface area contributed by atoms with Crippen LogP contribution in [0.15, 0.2) is 235 Å². The van der Waals surface area contributed by atoms with Crippen LogP contribution in [0, 0.1) is 0 Å². The average molecular weight is 950 g/mol. The van der Waals surface area contributed by atoms with Gasteiger partial charge in [-0.1, -0.05) is 113 Å². The maximum Gasteiger partial charge on any atom is 0.127 e. The van der Waals surface area contributed by atoms with E-state index in [4.69, 9.17) is 19.7 Å². The number of aromatic nitrogens is 5. The van der Waals surface area contributed by atoms with Crippen molar-refractivity contribution in [2.24, 2.45) is 9.98 Å². The highest BCUT2D eigenvalue weighted by molar-refractivity contribution is 6.13. The number of nitrogens with zero attached hydrogens (tertiary/aromatic N) is 7. The number of para-hydroxylation sites is 1. The van der Waals surface area contributed by atoms with Crippen molar-refractivity contribution in [3.8, 4) is 22.6 Å². The van der Waals surface area contributed by atoms with Crippen molar-refractivity contribution in [3.63, 3.8) is 0 Å². The van der Waals surface area contributed by atoms with Crippen LogP contribution in [0.2, 0.25) is 0 Å². The quantitative estimate of drug-likeness (QED) is 0.118. The van der Waals surface area contributed by atoms with Gasteiger partial charge in [0, 0.05) is 86.9 Å². The highest BCUT2D eigenvalue weighted by atomic mass is 16.5. The fourth-order valence-electron chi connectivity index (χ4n) is 9.57. The molecule has 73 heavy (non-hydrogen) atoms. The molecule has 8 aromatic rings. The molecule has 1 atom stereocenters. The molecule has 356 valence electrons. The standard InChI is InChI=1S/C59H41N7O.C4H8.C2H6/c1-38-29-46(17-12-28-67-56-19-11-10-18-48(38)56)65-53-22-20-47(33-49(53)50-37-61-27-25-54(50)65)66-55-23-21-51(44-31-42(24-26-60-35-44)40-13-6-3-4-7-14-40)63-57(55)58-59(66)39(2)30-52(64-58)45-32-43(34-62-36-45)41-15-8-5-9-16-41;1-3-4-2;1-2/h3-6,8-23,25-27,29,31-37,39H,1,28,30H2,2H3;3H,1,4H2,2H3;1-2H3/b17-12-,46-29+;;. The molecule has 0 saturated carbocycles. The van der Waals surface area contributed by atoms with Gasteiger partial charge >= 0.3 is 0 Å². The van der Waals surface area contributed by atoms with Crippen molar-refractivity contribution in [1.29, 1.82) is 0 Å². The van der Waals surface area contributed by atoms with Gasteiger partial charge in [0.25, 0.3) is 0 Å². The zero-order valence-electron chi connectivity index (χ0n) is 41.6. The van der Waals surface area contributed by atoms with E-state index in [2.05, 4.69) is 161 Å². The molecule has 8 heteroatoms. The third kappa shape index (κ3) is 9.45. The average Bonchev–Trinajstić information content (AvgIpc) is 3.65. The van der Waals surface area contributed by atoms with Crippen molar-refractivity contribution < 1.29 is 4.74 Å². The predicted octanol–water partition coefficient (Wildman–Crippen LogP) is 16.0. The molecule has 3 aliphatic heterocycles. The lowest BCUT2D eigenvalue weighted by molar-refractivity contribution is 0.362. The van der Waals surface area contributed by atoms with Gasteiger partial charge < -0.3 is 13.9 Å². The SMILES string of the molecule is C=C1/C=C(n2c3ccncc3c3cc(-n4c5c(c6nc(C7=CC(C8=CC=CC=C=C8)=C=CN=C7)ccc64)N=C(c4cncc(-c6ccccc6)c4)CC5C)ccc32)\C=C/COc2ccccc21.C=CCC.CC. The summed E-state index contributed by atoms with van der Waals surface area (Å²) in [5.74, 6) is 0.896. The first-order valence-electron chi connectivity index (χ1n) is 24.9. The summed E-state index contributed by atoms with van der Waals surface area (Å²) in [6, 6.07) is 33.7. The second-order valence-corrected chi connectivity index (χ2v) is 17.6. The lowest BCUT2D eigenvalue weighted by Crippen LogP contribution is -2.14. The van der Waals surface area contributed by atoms with E-state index in [0.717, 1.165) is 130 Å². The summed E-state index contributed by atoms with van der Waals surface area (Å²) < 4.78 is 10.8. The highest BCUT2D eigenvalue weighted by Crippen LogP contribution is 2.46. The van der Waals surface area contributed by atoms with Gasteiger partial charge in [0.05, 0.1) is 39.8 Å². The van der Waals surface area contributed by atoms with Gasteiger partial charge in [0.2, 0.25) is 0 Å². The number of hydrogen-bond donors (Lipinski definition) is 0. The predicted molar refractivity (Wildman–Crippen MR) is 305 cm³/mol. The monoisotopic (exact) mass is 949 g/mol. The van der Waals surface area contributed by atoms with Gasteiger partial charge in [0.15, 0.2) is 0 Å². The van der Waals surface area contributed by atoms with E-state index in [1.165, 1.54) is 0 Å². The van der Waals surface area contributed by atoms with Gasteiger partial charge in [-0.05, 0) is 115 Å². The van der Waals surface area contributed by atoms with Crippen LogP contribution in [0.1, 0.15) is 69.0 Å². The van der Waals surface area contributed by atoms with Crippen LogP contribution in [0.3, 0.4) is 0 Å². The molecule has 4 aliphatic rings. The summed E-state index contributed by atoms with van der Waals surface area (Å²) in [6.07, 6.45) is 33.2. The van der Waals surface area contributed by atoms with Crippen LogP contribution in [0.25, 0.3) is 66.5 Å². The summed E-state index contributed by atoms with van der Waals surface area (Å²) in [5.41, 5.74) is 23.9. The zero-order chi connectivity index (χ0) is 50.3. The molecule has 0 saturated heterocycles. The Labute approximate surface area is 426 Å². The summed E-state index contributed by atoms with van der Waals surface area (Å²) in [5, 5.41) is 2.12. The second kappa shape index (κ2) is 21.4. The first kappa shape index (κ1) is 47.5. The van der Waals surface area contributed by atoms with Crippen molar-refractivity contribution in [2.45, 2.75) is 46.5 Å². The van der Waals surface area contributed by atoms with E-state index >= 15 is 0 Å². The third-order valence-electron chi connectivity index (χ3n) is 13.0. The number of ether oxygens (including phenoxy) is 1. The number of hydrogen-bond acceptors (Lipinski definition) is 6. The van der Waals surface area contributed by atoms with Crippen molar-refractivity contribution in [3.05, 3.63) is 247 Å². The molecule has 12 rings (SSSR count). The fraction of sp³-hybridized carbons (Fsp3) is 0.123. The Hall–Kier alpha value is -9.19. The first-order chi connectivity index (χ1) is 36.0. The number of pyridine rings is 3. The molecule has 0 spiro atoms. The smallest absolute Gasteiger partial charge is 0.127 e.